The standard InChI is InChI=1S/C13H17F3N2S2/c1-8(2)18(7-13(14,15)16)9-5-4-6-10(20-3)11(9)12(17)19/h4-6,8H,7H2,1-3H3,(H2,17,19). The fourth-order valence-electron chi connectivity index (χ4n) is 1.92. The van der Waals surface area contributed by atoms with Crippen LogP contribution >= 0.6 is 24.0 Å². The van der Waals surface area contributed by atoms with Gasteiger partial charge in [-0.1, -0.05) is 18.3 Å². The van der Waals surface area contributed by atoms with Crippen LogP contribution in [0.25, 0.3) is 0 Å². The van der Waals surface area contributed by atoms with Crippen molar-refractivity contribution >= 4 is 34.7 Å². The van der Waals surface area contributed by atoms with Gasteiger partial charge in [0, 0.05) is 22.2 Å². The zero-order chi connectivity index (χ0) is 15.5. The van der Waals surface area contributed by atoms with E-state index < -0.39 is 12.7 Å². The van der Waals surface area contributed by atoms with Gasteiger partial charge in [0.25, 0.3) is 0 Å². The number of hydrogen-bond donors (Lipinski definition) is 1. The Morgan fingerprint density at radius 1 is 1.40 bits per heavy atom. The van der Waals surface area contributed by atoms with Gasteiger partial charge in [-0.25, -0.2) is 0 Å². The third kappa shape index (κ3) is 4.28. The van der Waals surface area contributed by atoms with Crippen LogP contribution in [-0.2, 0) is 0 Å². The maximum absolute atomic E-state index is 12.8. The summed E-state index contributed by atoms with van der Waals surface area (Å²) in [6, 6.07) is 4.82. The highest BCUT2D eigenvalue weighted by Gasteiger charge is 2.33. The summed E-state index contributed by atoms with van der Waals surface area (Å²) >= 11 is 6.42. The van der Waals surface area contributed by atoms with Gasteiger partial charge in [-0.2, -0.15) is 13.2 Å². The van der Waals surface area contributed by atoms with E-state index in [-0.39, 0.29) is 11.0 Å². The molecule has 1 rings (SSSR count). The highest BCUT2D eigenvalue weighted by molar-refractivity contribution is 7.98. The molecular formula is C13H17F3N2S2. The molecule has 1 aromatic carbocycles. The first-order chi connectivity index (χ1) is 9.17. The van der Waals surface area contributed by atoms with Crippen molar-refractivity contribution in [1.82, 2.24) is 0 Å². The first kappa shape index (κ1) is 17.1. The van der Waals surface area contributed by atoms with Crippen LogP contribution in [0.1, 0.15) is 19.4 Å². The molecule has 0 radical (unpaired) electrons. The number of rotatable bonds is 5. The van der Waals surface area contributed by atoms with E-state index in [1.165, 1.54) is 16.7 Å². The lowest BCUT2D eigenvalue weighted by atomic mass is 10.1. The monoisotopic (exact) mass is 322 g/mol. The molecule has 0 atom stereocenters. The second-order valence-corrected chi connectivity index (χ2v) is 5.84. The molecule has 0 unspecified atom stereocenters. The lowest BCUT2D eigenvalue weighted by molar-refractivity contribution is -0.120. The van der Waals surface area contributed by atoms with Crippen molar-refractivity contribution in [2.75, 3.05) is 17.7 Å². The number of nitrogens with zero attached hydrogens (tertiary/aromatic N) is 1. The number of nitrogens with two attached hydrogens (primary N) is 1. The molecule has 2 nitrogen and oxygen atoms in total. The topological polar surface area (TPSA) is 29.3 Å². The number of alkyl halides is 3. The molecule has 0 aromatic heterocycles. The number of benzene rings is 1. The van der Waals surface area contributed by atoms with Gasteiger partial charge in [-0.15, -0.1) is 11.8 Å². The molecule has 7 heteroatoms. The number of halogens is 3. The normalized spacial score (nSPS) is 11.8. The molecule has 20 heavy (non-hydrogen) atoms. The highest BCUT2D eigenvalue weighted by Crippen LogP contribution is 2.32. The zero-order valence-corrected chi connectivity index (χ0v) is 13.1. The highest BCUT2D eigenvalue weighted by atomic mass is 32.2. The largest absolute Gasteiger partial charge is 0.405 e. The summed E-state index contributed by atoms with van der Waals surface area (Å²) in [5.41, 5.74) is 6.64. The zero-order valence-electron chi connectivity index (χ0n) is 11.5. The van der Waals surface area contributed by atoms with Gasteiger partial charge in [-0.3, -0.25) is 0 Å². The van der Waals surface area contributed by atoms with E-state index >= 15 is 0 Å². The van der Waals surface area contributed by atoms with Crippen LogP contribution in [0, 0.1) is 0 Å². The van der Waals surface area contributed by atoms with E-state index in [0.717, 1.165) is 4.90 Å². The summed E-state index contributed by atoms with van der Waals surface area (Å²) in [5.74, 6) is 0. The molecular weight excluding hydrogens is 305 g/mol. The Balaban J connectivity index is 3.37. The Labute approximate surface area is 126 Å². The van der Waals surface area contributed by atoms with E-state index in [1.54, 1.807) is 32.0 Å². The molecule has 0 fully saturated rings. The van der Waals surface area contributed by atoms with Crippen LogP contribution in [0.15, 0.2) is 23.1 Å². The predicted octanol–water partition coefficient (Wildman–Crippen LogP) is 3.82. The molecule has 0 spiro atoms. The summed E-state index contributed by atoms with van der Waals surface area (Å²) in [7, 11) is 0. The van der Waals surface area contributed by atoms with E-state index in [0.29, 0.717) is 11.3 Å². The maximum Gasteiger partial charge on any atom is 0.405 e. The van der Waals surface area contributed by atoms with Crippen LogP contribution in [0.2, 0.25) is 0 Å². The first-order valence-corrected chi connectivity index (χ1v) is 7.61. The van der Waals surface area contributed by atoms with Crippen molar-refractivity contribution in [1.29, 1.82) is 0 Å². The SMILES string of the molecule is CSc1cccc(N(CC(F)(F)F)C(C)C)c1C(N)=S. The summed E-state index contributed by atoms with van der Waals surface area (Å²) < 4.78 is 38.3. The Morgan fingerprint density at radius 3 is 2.40 bits per heavy atom. The van der Waals surface area contributed by atoms with Gasteiger partial charge >= 0.3 is 6.18 Å². The lowest BCUT2D eigenvalue weighted by Gasteiger charge is -2.32. The Kier molecular flexibility index (Phi) is 5.70. The van der Waals surface area contributed by atoms with E-state index in [9.17, 15) is 13.2 Å². The van der Waals surface area contributed by atoms with Crippen LogP contribution in [0.3, 0.4) is 0 Å². The van der Waals surface area contributed by atoms with Crippen molar-refractivity contribution < 1.29 is 13.2 Å². The molecule has 0 aliphatic carbocycles. The first-order valence-electron chi connectivity index (χ1n) is 5.97. The number of hydrogen-bond acceptors (Lipinski definition) is 3. The summed E-state index contributed by atoms with van der Waals surface area (Å²) in [6.45, 7) is 2.39. The quantitative estimate of drug-likeness (QED) is 0.659. The second-order valence-electron chi connectivity index (χ2n) is 4.56. The molecule has 2 N–H and O–H groups in total. The fourth-order valence-corrected chi connectivity index (χ4v) is 2.83. The number of thiocarbonyl (C=S) groups is 1. The van der Waals surface area contributed by atoms with Gasteiger partial charge in [0.2, 0.25) is 0 Å². The molecule has 1 aromatic rings. The molecule has 0 bridgehead atoms. The minimum atomic E-state index is -4.28. The number of anilines is 1. The van der Waals surface area contributed by atoms with E-state index in [4.69, 9.17) is 18.0 Å². The smallest absolute Gasteiger partial charge is 0.389 e. The van der Waals surface area contributed by atoms with Crippen molar-refractivity contribution in [2.45, 2.75) is 31.0 Å². The fraction of sp³-hybridized carbons (Fsp3) is 0.462. The molecule has 0 aliphatic rings. The minimum Gasteiger partial charge on any atom is -0.389 e. The minimum absolute atomic E-state index is 0.109. The average molecular weight is 322 g/mol. The van der Waals surface area contributed by atoms with Crippen molar-refractivity contribution in [3.63, 3.8) is 0 Å². The predicted molar refractivity (Wildman–Crippen MR) is 82.6 cm³/mol. The maximum atomic E-state index is 12.8. The van der Waals surface area contributed by atoms with Crippen LogP contribution in [0.4, 0.5) is 18.9 Å². The van der Waals surface area contributed by atoms with Crippen molar-refractivity contribution in [2.24, 2.45) is 5.73 Å². The lowest BCUT2D eigenvalue weighted by Crippen LogP contribution is -2.40. The molecule has 112 valence electrons. The van der Waals surface area contributed by atoms with Gasteiger partial charge < -0.3 is 10.6 Å². The van der Waals surface area contributed by atoms with Gasteiger partial charge in [0.05, 0.1) is 0 Å². The Hall–Kier alpha value is -0.950. The second kappa shape index (κ2) is 6.67. The average Bonchev–Trinajstić information content (AvgIpc) is 2.33. The third-order valence-electron chi connectivity index (χ3n) is 2.75. The van der Waals surface area contributed by atoms with Gasteiger partial charge in [0.15, 0.2) is 0 Å². The van der Waals surface area contributed by atoms with Crippen molar-refractivity contribution in [3.05, 3.63) is 23.8 Å². The molecule has 0 amide bonds. The van der Waals surface area contributed by atoms with Crippen molar-refractivity contribution in [3.8, 4) is 0 Å². The van der Waals surface area contributed by atoms with Gasteiger partial charge in [0.1, 0.15) is 11.5 Å². The summed E-state index contributed by atoms with van der Waals surface area (Å²) in [4.78, 5) is 2.16. The molecule has 0 saturated heterocycles. The summed E-state index contributed by atoms with van der Waals surface area (Å²) in [6.07, 6.45) is -2.45. The molecule has 0 heterocycles. The summed E-state index contributed by atoms with van der Waals surface area (Å²) in [5, 5.41) is 0. The molecule has 0 saturated carbocycles. The van der Waals surface area contributed by atoms with E-state index in [2.05, 4.69) is 0 Å². The number of thioether (sulfide) groups is 1. The van der Waals surface area contributed by atoms with Crippen LogP contribution in [-0.4, -0.2) is 30.0 Å². The Bertz CT molecular complexity index is 487. The van der Waals surface area contributed by atoms with Crippen LogP contribution in [0.5, 0.6) is 0 Å². The van der Waals surface area contributed by atoms with E-state index in [1.807, 2.05) is 6.26 Å². The molecule has 0 aliphatic heterocycles. The van der Waals surface area contributed by atoms with Crippen LogP contribution < -0.4 is 10.6 Å². The Morgan fingerprint density at radius 2 is 2.00 bits per heavy atom. The third-order valence-corrected chi connectivity index (χ3v) is 3.74. The van der Waals surface area contributed by atoms with Gasteiger partial charge in [-0.05, 0) is 32.2 Å².